The summed E-state index contributed by atoms with van der Waals surface area (Å²) < 4.78 is 13.7. The molecule has 0 heterocycles. The second-order valence-electron chi connectivity index (χ2n) is 2.97. The van der Waals surface area contributed by atoms with Gasteiger partial charge in [0.25, 0.3) is 0 Å². The normalized spacial score (nSPS) is 10.3. The van der Waals surface area contributed by atoms with Crippen LogP contribution < -0.4 is 10.6 Å². The van der Waals surface area contributed by atoms with E-state index in [1.54, 1.807) is 18.0 Å². The lowest BCUT2D eigenvalue weighted by atomic mass is 10.2. The number of nitrogen functional groups attached to an aromatic ring is 1. The van der Waals surface area contributed by atoms with Crippen molar-refractivity contribution < 1.29 is 9.50 Å². The number of rotatable bonds is 3. The number of nitrogens with zero attached hydrogens (tertiary/aromatic N) is 1. The largest absolute Gasteiger partial charge is 0.397 e. The van der Waals surface area contributed by atoms with Gasteiger partial charge in [-0.05, 0) is 28.7 Å². The molecule has 0 aromatic heterocycles. The van der Waals surface area contributed by atoms with Gasteiger partial charge in [-0.1, -0.05) is 0 Å². The molecule has 0 aliphatic rings. The third kappa shape index (κ3) is 2.48. The lowest BCUT2D eigenvalue weighted by molar-refractivity contribution is 0.304. The number of nitrogens with two attached hydrogens (primary N) is 1. The van der Waals surface area contributed by atoms with Crippen LogP contribution in [0.5, 0.6) is 0 Å². The van der Waals surface area contributed by atoms with E-state index in [-0.39, 0.29) is 12.4 Å². The molecule has 1 aromatic carbocycles. The van der Waals surface area contributed by atoms with Gasteiger partial charge in [0.1, 0.15) is 5.82 Å². The lowest BCUT2D eigenvalue weighted by Crippen LogP contribution is -2.22. The fourth-order valence-electron chi connectivity index (χ4n) is 1.15. The van der Waals surface area contributed by atoms with Crippen molar-refractivity contribution >= 4 is 34.0 Å². The first-order valence-corrected chi connectivity index (χ1v) is 5.20. The predicted molar refractivity (Wildman–Crippen MR) is 63.9 cm³/mol. The number of anilines is 2. The molecule has 1 rings (SSSR count). The first-order valence-electron chi connectivity index (χ1n) is 4.12. The second-order valence-corrected chi connectivity index (χ2v) is 4.13. The molecule has 3 N–H and O–H groups in total. The summed E-state index contributed by atoms with van der Waals surface area (Å²) in [7, 11) is 1.76. The minimum atomic E-state index is -0.292. The number of benzene rings is 1. The molecule has 1 aromatic rings. The fourth-order valence-corrected chi connectivity index (χ4v) is 1.64. The number of aliphatic hydroxyl groups excluding tert-OH is 1. The summed E-state index contributed by atoms with van der Waals surface area (Å²) in [5.41, 5.74) is 6.86. The smallest absolute Gasteiger partial charge is 0.138 e. The molecule has 0 fully saturated rings. The van der Waals surface area contributed by atoms with Gasteiger partial charge in [-0.15, -0.1) is 0 Å². The van der Waals surface area contributed by atoms with Crippen LogP contribution in [-0.4, -0.2) is 25.3 Å². The molecule has 0 saturated carbocycles. The van der Waals surface area contributed by atoms with Crippen molar-refractivity contribution in [3.8, 4) is 0 Å². The van der Waals surface area contributed by atoms with E-state index in [0.717, 1.165) is 0 Å². The molecule has 3 nitrogen and oxygen atoms in total. The Hall–Kier alpha value is -0.560. The van der Waals surface area contributed by atoms with Crippen molar-refractivity contribution in [2.45, 2.75) is 0 Å². The first-order chi connectivity index (χ1) is 6.56. The van der Waals surface area contributed by atoms with E-state index in [9.17, 15) is 4.39 Å². The Kier molecular flexibility index (Phi) is 3.94. The van der Waals surface area contributed by atoms with Gasteiger partial charge in [-0.2, -0.15) is 0 Å². The topological polar surface area (TPSA) is 49.5 Å². The van der Waals surface area contributed by atoms with Crippen molar-refractivity contribution in [3.05, 3.63) is 21.5 Å². The molecule has 0 aliphatic carbocycles. The highest BCUT2D eigenvalue weighted by atomic mass is 127. The number of aliphatic hydroxyl groups is 1. The van der Waals surface area contributed by atoms with Gasteiger partial charge in [0, 0.05) is 19.7 Å². The van der Waals surface area contributed by atoms with E-state index in [0.29, 0.717) is 21.5 Å². The van der Waals surface area contributed by atoms with Gasteiger partial charge < -0.3 is 15.7 Å². The average molecular weight is 310 g/mol. The van der Waals surface area contributed by atoms with Crippen LogP contribution in [0.25, 0.3) is 0 Å². The molecule has 0 radical (unpaired) electrons. The van der Waals surface area contributed by atoms with Gasteiger partial charge in [-0.25, -0.2) is 4.39 Å². The molecule has 0 amide bonds. The number of halogens is 2. The fraction of sp³-hybridized carbons (Fsp3) is 0.333. The van der Waals surface area contributed by atoms with E-state index < -0.39 is 0 Å². The van der Waals surface area contributed by atoms with Crippen LogP contribution in [0.15, 0.2) is 12.1 Å². The van der Waals surface area contributed by atoms with Crippen LogP contribution in [0.3, 0.4) is 0 Å². The van der Waals surface area contributed by atoms with E-state index in [1.807, 2.05) is 22.6 Å². The number of hydrogen-bond donors (Lipinski definition) is 2. The van der Waals surface area contributed by atoms with Gasteiger partial charge in [0.2, 0.25) is 0 Å². The van der Waals surface area contributed by atoms with Gasteiger partial charge in [0.05, 0.1) is 21.6 Å². The summed E-state index contributed by atoms with van der Waals surface area (Å²) in [4.78, 5) is 1.72. The van der Waals surface area contributed by atoms with E-state index in [1.165, 1.54) is 6.07 Å². The Morgan fingerprint density at radius 1 is 1.57 bits per heavy atom. The van der Waals surface area contributed by atoms with Gasteiger partial charge in [-0.3, -0.25) is 0 Å². The van der Waals surface area contributed by atoms with Crippen LogP contribution in [0.2, 0.25) is 0 Å². The highest BCUT2D eigenvalue weighted by molar-refractivity contribution is 14.1. The Morgan fingerprint density at radius 2 is 2.21 bits per heavy atom. The van der Waals surface area contributed by atoms with Crippen molar-refractivity contribution in [3.63, 3.8) is 0 Å². The Balaban J connectivity index is 3.02. The molecule has 0 bridgehead atoms. The van der Waals surface area contributed by atoms with Crippen LogP contribution >= 0.6 is 22.6 Å². The minimum Gasteiger partial charge on any atom is -0.397 e. The Morgan fingerprint density at radius 3 is 2.79 bits per heavy atom. The van der Waals surface area contributed by atoms with Crippen molar-refractivity contribution in [2.75, 3.05) is 30.8 Å². The molecule has 0 atom stereocenters. The summed E-state index contributed by atoms with van der Waals surface area (Å²) in [6.07, 6.45) is 0. The second kappa shape index (κ2) is 4.79. The van der Waals surface area contributed by atoms with E-state index >= 15 is 0 Å². The molecule has 0 aliphatic heterocycles. The first kappa shape index (κ1) is 11.5. The SMILES string of the molecule is CN(CCO)c1cc(F)c(I)cc1N. The van der Waals surface area contributed by atoms with Crippen LogP contribution in [0.1, 0.15) is 0 Å². The summed E-state index contributed by atoms with van der Waals surface area (Å²) in [6, 6.07) is 2.96. The molecule has 78 valence electrons. The zero-order valence-corrected chi connectivity index (χ0v) is 9.95. The average Bonchev–Trinajstić information content (AvgIpc) is 2.11. The summed E-state index contributed by atoms with van der Waals surface area (Å²) in [5, 5.41) is 8.74. The van der Waals surface area contributed by atoms with E-state index in [4.69, 9.17) is 10.8 Å². The molecular weight excluding hydrogens is 298 g/mol. The van der Waals surface area contributed by atoms with Crippen molar-refractivity contribution in [1.29, 1.82) is 0 Å². The van der Waals surface area contributed by atoms with Crippen LogP contribution in [0.4, 0.5) is 15.8 Å². The molecule has 14 heavy (non-hydrogen) atoms. The molecule has 0 unspecified atom stereocenters. The lowest BCUT2D eigenvalue weighted by Gasteiger charge is -2.20. The summed E-state index contributed by atoms with van der Waals surface area (Å²) in [6.45, 7) is 0.452. The van der Waals surface area contributed by atoms with Gasteiger partial charge in [0.15, 0.2) is 0 Å². The zero-order valence-electron chi connectivity index (χ0n) is 7.80. The molecule has 5 heteroatoms. The quantitative estimate of drug-likeness (QED) is 0.656. The van der Waals surface area contributed by atoms with Crippen LogP contribution in [-0.2, 0) is 0 Å². The summed E-state index contributed by atoms with van der Waals surface area (Å²) >= 11 is 1.89. The van der Waals surface area contributed by atoms with Gasteiger partial charge >= 0.3 is 0 Å². The zero-order chi connectivity index (χ0) is 10.7. The maximum absolute atomic E-state index is 13.2. The summed E-state index contributed by atoms with van der Waals surface area (Å²) in [5.74, 6) is -0.292. The standard InChI is InChI=1S/C9H12FIN2O/c1-13(2-3-14)9-4-6(10)7(11)5-8(9)12/h4-5,14H,2-3,12H2,1H3. The number of likely N-dealkylation sites (N-methyl/N-ethyl adjacent to an activating group) is 1. The third-order valence-corrected chi connectivity index (χ3v) is 2.74. The number of hydrogen-bond acceptors (Lipinski definition) is 3. The Labute approximate surface area is 95.8 Å². The molecular formula is C9H12FIN2O. The van der Waals surface area contributed by atoms with Crippen molar-refractivity contribution in [1.82, 2.24) is 0 Å². The monoisotopic (exact) mass is 310 g/mol. The van der Waals surface area contributed by atoms with Crippen molar-refractivity contribution in [2.24, 2.45) is 0 Å². The molecule has 0 spiro atoms. The third-order valence-electron chi connectivity index (χ3n) is 1.92. The Bertz CT molecular complexity index is 333. The highest BCUT2D eigenvalue weighted by Gasteiger charge is 2.09. The minimum absolute atomic E-state index is 0.0174. The maximum atomic E-state index is 13.2. The highest BCUT2D eigenvalue weighted by Crippen LogP contribution is 2.26. The van der Waals surface area contributed by atoms with E-state index in [2.05, 4.69) is 0 Å². The maximum Gasteiger partial charge on any atom is 0.138 e. The predicted octanol–water partition coefficient (Wildman–Crippen LogP) is 1.44. The van der Waals surface area contributed by atoms with Crippen LogP contribution in [0, 0.1) is 9.39 Å². The molecule has 0 saturated heterocycles.